The third kappa shape index (κ3) is 3.98. The molecular formula is C25H31N3O2. The molecule has 4 rings (SSSR count). The second-order valence-electron chi connectivity index (χ2n) is 7.84. The second kappa shape index (κ2) is 8.76. The Hall–Kier alpha value is -3.05. The van der Waals surface area contributed by atoms with Gasteiger partial charge in [-0.15, -0.1) is 0 Å². The maximum absolute atomic E-state index is 13.1. The first-order valence-electron chi connectivity index (χ1n) is 10.0. The molecular weight excluding hydrogens is 374 g/mol. The van der Waals surface area contributed by atoms with Crippen molar-refractivity contribution in [2.45, 2.75) is 33.4 Å². The minimum Gasteiger partial charge on any atom is -0.508 e. The van der Waals surface area contributed by atoms with E-state index in [1.165, 1.54) is 0 Å². The van der Waals surface area contributed by atoms with Crippen molar-refractivity contribution in [3.63, 3.8) is 0 Å². The van der Waals surface area contributed by atoms with Crippen molar-refractivity contribution >= 4 is 22.4 Å². The van der Waals surface area contributed by atoms with Gasteiger partial charge in [-0.05, 0) is 48.4 Å². The highest BCUT2D eigenvalue weighted by Crippen LogP contribution is 2.32. The monoisotopic (exact) mass is 405 g/mol. The number of phenols is 1. The Bertz CT molecular complexity index is 1060. The van der Waals surface area contributed by atoms with Gasteiger partial charge in [0.15, 0.2) is 0 Å². The lowest BCUT2D eigenvalue weighted by Gasteiger charge is -2.37. The summed E-state index contributed by atoms with van der Waals surface area (Å²) in [6.07, 6.45) is 0. The van der Waals surface area contributed by atoms with Crippen molar-refractivity contribution in [2.24, 2.45) is 0 Å². The van der Waals surface area contributed by atoms with Crippen LogP contribution in [0.4, 0.5) is 5.69 Å². The molecule has 3 N–H and O–H groups in total. The van der Waals surface area contributed by atoms with Crippen LogP contribution >= 0.6 is 0 Å². The number of aryl methyl sites for hydroxylation is 1. The van der Waals surface area contributed by atoms with Crippen LogP contribution < -0.4 is 15.5 Å². The van der Waals surface area contributed by atoms with Crippen LogP contribution in [0.1, 0.15) is 41.9 Å². The summed E-state index contributed by atoms with van der Waals surface area (Å²) in [5, 5.41) is 18.8. The van der Waals surface area contributed by atoms with Crippen LogP contribution in [-0.4, -0.2) is 37.2 Å². The van der Waals surface area contributed by atoms with Gasteiger partial charge in [-0.25, -0.2) is 0 Å². The van der Waals surface area contributed by atoms with Crippen LogP contribution in [0.15, 0.2) is 54.6 Å². The van der Waals surface area contributed by atoms with Crippen molar-refractivity contribution in [1.82, 2.24) is 10.6 Å². The van der Waals surface area contributed by atoms with Crippen molar-refractivity contribution in [3.05, 3.63) is 71.3 Å². The molecule has 1 aliphatic heterocycles. The number of nitrogens with zero attached hydrogens (tertiary/aromatic N) is 1. The highest BCUT2D eigenvalue weighted by Gasteiger charge is 2.23. The topological polar surface area (TPSA) is 64.6 Å². The Morgan fingerprint density at radius 3 is 2.60 bits per heavy atom. The van der Waals surface area contributed by atoms with Gasteiger partial charge in [0.25, 0.3) is 5.91 Å². The standard InChI is InChI=1S/C24H27N3O2.CH4/c1-15-8-10-18(27(3)19-13-25-14-19)12-21(15)24(29)26-16(2)23-20-7-5-4-6-17(20)9-11-22(23)28;/h4-12,16,19,25,28H,13-14H2,1-3H3,(H,26,29);1H4. The van der Waals surface area contributed by atoms with Gasteiger partial charge in [-0.2, -0.15) is 0 Å². The lowest BCUT2D eigenvalue weighted by atomic mass is 9.98. The van der Waals surface area contributed by atoms with Gasteiger partial charge in [0.1, 0.15) is 5.75 Å². The number of carbonyl (C=O) groups excluding carboxylic acids is 1. The molecule has 3 aromatic carbocycles. The SMILES string of the molecule is C.Cc1ccc(N(C)C2CNC2)cc1C(=O)NC(C)c1c(O)ccc2ccccc12. The Labute approximate surface area is 178 Å². The van der Waals surface area contributed by atoms with Gasteiger partial charge in [-0.3, -0.25) is 4.79 Å². The molecule has 1 fully saturated rings. The van der Waals surface area contributed by atoms with E-state index in [1.54, 1.807) is 6.07 Å². The van der Waals surface area contributed by atoms with E-state index >= 15 is 0 Å². The zero-order valence-corrected chi connectivity index (χ0v) is 17.1. The Balaban J connectivity index is 0.00000256. The molecule has 1 heterocycles. The normalized spacial score (nSPS) is 14.5. The first-order chi connectivity index (χ1) is 14.0. The van der Waals surface area contributed by atoms with E-state index < -0.39 is 0 Å². The molecule has 0 radical (unpaired) electrons. The molecule has 5 nitrogen and oxygen atoms in total. The van der Waals surface area contributed by atoms with Crippen LogP contribution in [0.2, 0.25) is 0 Å². The lowest BCUT2D eigenvalue weighted by molar-refractivity contribution is 0.0939. The highest BCUT2D eigenvalue weighted by atomic mass is 16.3. The number of hydrogen-bond acceptors (Lipinski definition) is 4. The van der Waals surface area contributed by atoms with E-state index in [0.717, 1.165) is 40.7 Å². The zero-order valence-electron chi connectivity index (χ0n) is 17.1. The van der Waals surface area contributed by atoms with Crippen LogP contribution in [0.25, 0.3) is 10.8 Å². The third-order valence-corrected chi connectivity index (χ3v) is 5.91. The molecule has 5 heteroatoms. The number of likely N-dealkylation sites (N-methyl/N-ethyl adjacent to an activating group) is 1. The molecule has 30 heavy (non-hydrogen) atoms. The molecule has 0 bridgehead atoms. The lowest BCUT2D eigenvalue weighted by Crippen LogP contribution is -2.56. The highest BCUT2D eigenvalue weighted by molar-refractivity contribution is 5.97. The van der Waals surface area contributed by atoms with Crippen molar-refractivity contribution < 1.29 is 9.90 Å². The summed E-state index contributed by atoms with van der Waals surface area (Å²) in [6.45, 7) is 5.78. The first kappa shape index (κ1) is 21.7. The van der Waals surface area contributed by atoms with E-state index in [1.807, 2.05) is 56.3 Å². The fourth-order valence-electron chi connectivity index (χ4n) is 3.92. The minimum absolute atomic E-state index is 0. The summed E-state index contributed by atoms with van der Waals surface area (Å²) in [5.41, 5.74) is 3.37. The number of fused-ring (bicyclic) bond motifs is 1. The van der Waals surface area contributed by atoms with Gasteiger partial charge < -0.3 is 20.6 Å². The average Bonchev–Trinajstić information content (AvgIpc) is 2.66. The summed E-state index contributed by atoms with van der Waals surface area (Å²) >= 11 is 0. The maximum Gasteiger partial charge on any atom is 0.252 e. The van der Waals surface area contributed by atoms with E-state index in [-0.39, 0.29) is 25.1 Å². The van der Waals surface area contributed by atoms with Crippen molar-refractivity contribution in [2.75, 3.05) is 25.0 Å². The molecule has 1 atom stereocenters. The van der Waals surface area contributed by atoms with E-state index in [0.29, 0.717) is 11.6 Å². The van der Waals surface area contributed by atoms with Crippen molar-refractivity contribution in [3.8, 4) is 5.75 Å². The quantitative estimate of drug-likeness (QED) is 0.589. The number of anilines is 1. The largest absolute Gasteiger partial charge is 0.508 e. The maximum atomic E-state index is 13.1. The predicted molar refractivity (Wildman–Crippen MR) is 124 cm³/mol. The second-order valence-corrected chi connectivity index (χ2v) is 7.84. The van der Waals surface area contributed by atoms with Gasteiger partial charge in [0, 0.05) is 37.0 Å². The molecule has 1 amide bonds. The predicted octanol–water partition coefficient (Wildman–Crippen LogP) is 4.39. The molecule has 1 aliphatic rings. The van der Waals surface area contributed by atoms with Crippen molar-refractivity contribution in [1.29, 1.82) is 0 Å². The fourth-order valence-corrected chi connectivity index (χ4v) is 3.92. The van der Waals surface area contributed by atoms with Gasteiger partial charge in [0.2, 0.25) is 0 Å². The minimum atomic E-state index is -0.329. The van der Waals surface area contributed by atoms with Crippen LogP contribution in [0.5, 0.6) is 5.75 Å². The number of phenolic OH excluding ortho intramolecular Hbond substituents is 1. The molecule has 1 saturated heterocycles. The zero-order chi connectivity index (χ0) is 20.5. The number of amides is 1. The summed E-state index contributed by atoms with van der Waals surface area (Å²) in [6, 6.07) is 17.6. The summed E-state index contributed by atoms with van der Waals surface area (Å²) in [7, 11) is 2.06. The van der Waals surface area contributed by atoms with Crippen LogP contribution in [0.3, 0.4) is 0 Å². The Morgan fingerprint density at radius 1 is 1.17 bits per heavy atom. The molecule has 0 aromatic heterocycles. The van der Waals surface area contributed by atoms with E-state index in [2.05, 4.69) is 28.6 Å². The average molecular weight is 406 g/mol. The first-order valence-corrected chi connectivity index (χ1v) is 10.0. The number of nitrogens with one attached hydrogen (secondary N) is 2. The number of benzene rings is 3. The van der Waals surface area contributed by atoms with Gasteiger partial charge in [0.05, 0.1) is 12.1 Å². The Kier molecular flexibility index (Phi) is 6.32. The van der Waals surface area contributed by atoms with Gasteiger partial charge in [-0.1, -0.05) is 43.8 Å². The molecule has 158 valence electrons. The van der Waals surface area contributed by atoms with Crippen LogP contribution in [-0.2, 0) is 0 Å². The van der Waals surface area contributed by atoms with Gasteiger partial charge >= 0.3 is 0 Å². The fraction of sp³-hybridized carbons (Fsp3) is 0.320. The molecule has 1 unspecified atom stereocenters. The molecule has 0 saturated carbocycles. The van der Waals surface area contributed by atoms with E-state index in [9.17, 15) is 9.90 Å². The van der Waals surface area contributed by atoms with E-state index in [4.69, 9.17) is 0 Å². The summed E-state index contributed by atoms with van der Waals surface area (Å²) < 4.78 is 0. The summed E-state index contributed by atoms with van der Waals surface area (Å²) in [4.78, 5) is 15.3. The smallest absolute Gasteiger partial charge is 0.252 e. The molecule has 0 aliphatic carbocycles. The van der Waals surface area contributed by atoms with Crippen LogP contribution in [0, 0.1) is 6.92 Å². The number of carbonyl (C=O) groups is 1. The Morgan fingerprint density at radius 2 is 1.90 bits per heavy atom. The number of aromatic hydroxyl groups is 1. The number of rotatable bonds is 5. The number of hydrogen-bond donors (Lipinski definition) is 3. The third-order valence-electron chi connectivity index (χ3n) is 5.91. The summed E-state index contributed by atoms with van der Waals surface area (Å²) in [5.74, 6) is 0.0588. The molecule has 0 spiro atoms. The molecule has 3 aromatic rings.